The van der Waals surface area contributed by atoms with Gasteiger partial charge in [-0.15, -0.1) is 0 Å². The lowest BCUT2D eigenvalue weighted by Gasteiger charge is -2.20. The molecular weight excluding hydrogens is 432 g/mol. The van der Waals surface area contributed by atoms with Gasteiger partial charge in [0.25, 0.3) is 0 Å². The highest BCUT2D eigenvalue weighted by Crippen LogP contribution is 2.46. The predicted molar refractivity (Wildman–Crippen MR) is 142 cm³/mol. The first-order valence-electron chi connectivity index (χ1n) is 11.9. The molecule has 0 spiro atoms. The van der Waals surface area contributed by atoms with Crippen molar-refractivity contribution in [2.24, 2.45) is 0 Å². The van der Waals surface area contributed by atoms with Gasteiger partial charge in [-0.25, -0.2) is 0 Å². The van der Waals surface area contributed by atoms with Gasteiger partial charge < -0.3 is 13.2 Å². The minimum absolute atomic E-state index is 0.808. The lowest BCUT2D eigenvalue weighted by atomic mass is 10.0. The average molecular weight is 450 g/mol. The lowest BCUT2D eigenvalue weighted by molar-refractivity contribution is 0.626. The third kappa shape index (κ3) is 2.01. The van der Waals surface area contributed by atoms with Crippen LogP contribution in [-0.2, 0) is 0 Å². The summed E-state index contributed by atoms with van der Waals surface area (Å²) in [6.45, 7) is 2.17. The maximum atomic E-state index is 6.73. The highest BCUT2D eigenvalue weighted by molar-refractivity contribution is 6.28. The second kappa shape index (κ2) is 5.86. The molecule has 164 valence electrons. The van der Waals surface area contributed by atoms with Crippen LogP contribution in [0.25, 0.3) is 77.1 Å². The van der Waals surface area contributed by atoms with Crippen molar-refractivity contribution in [2.75, 3.05) is 0 Å². The van der Waals surface area contributed by atoms with Crippen LogP contribution in [0.4, 0.5) is 0 Å². The van der Waals surface area contributed by atoms with Gasteiger partial charge in [0.2, 0.25) is 0 Å². The van der Waals surface area contributed by atoms with Crippen LogP contribution in [0.2, 0.25) is 0 Å². The molecule has 0 saturated carbocycles. The Labute approximate surface area is 198 Å². The van der Waals surface area contributed by atoms with Crippen molar-refractivity contribution in [1.29, 1.82) is 0 Å². The second-order valence-electron chi connectivity index (χ2n) is 9.48. The molecule has 0 saturated heterocycles. The van der Waals surface area contributed by atoms with Crippen molar-refractivity contribution in [3.8, 4) is 5.69 Å². The Kier molecular flexibility index (Phi) is 2.97. The average Bonchev–Trinajstić information content (AvgIpc) is 3.39. The van der Waals surface area contributed by atoms with Crippen LogP contribution >= 0.6 is 0 Å². The second-order valence-corrected chi connectivity index (χ2v) is 9.48. The molecule has 9 rings (SSSR count). The fraction of sp³-hybridized carbons (Fsp3) is 0.0323. The topological polar surface area (TPSA) is 35.6 Å². The molecule has 35 heavy (non-hydrogen) atoms. The van der Waals surface area contributed by atoms with E-state index in [1.165, 1.54) is 32.8 Å². The quantitative estimate of drug-likeness (QED) is 0.171. The molecule has 4 heteroatoms. The number of para-hydroxylation sites is 5. The molecule has 2 aromatic heterocycles. The van der Waals surface area contributed by atoms with Crippen LogP contribution in [0.3, 0.4) is 0 Å². The Morgan fingerprint density at radius 2 is 1.23 bits per heavy atom. The van der Waals surface area contributed by atoms with Crippen molar-refractivity contribution in [3.63, 3.8) is 0 Å². The molecule has 2 aliphatic rings. The lowest BCUT2D eigenvalue weighted by Crippen LogP contribution is -2.04. The fourth-order valence-electron chi connectivity index (χ4n) is 6.18. The zero-order valence-electron chi connectivity index (χ0n) is 18.9. The molecule has 2 aliphatic heterocycles. The van der Waals surface area contributed by atoms with Gasteiger partial charge in [0, 0.05) is 22.2 Å². The largest absolute Gasteiger partial charge is 0.453 e. The minimum atomic E-state index is 0.808. The summed E-state index contributed by atoms with van der Waals surface area (Å²) in [5.74, 6) is 0. The summed E-state index contributed by atoms with van der Waals surface area (Å²) < 4.78 is 17.9. The Bertz CT molecular complexity index is 2290. The first-order chi connectivity index (χ1) is 17.3. The first kappa shape index (κ1) is 17.7. The minimum Gasteiger partial charge on any atom is -0.453 e. The van der Waals surface area contributed by atoms with Crippen LogP contribution in [0, 0.1) is 6.92 Å². The number of hydrogen-bond acceptors (Lipinski definition) is 2. The van der Waals surface area contributed by atoms with E-state index in [2.05, 4.69) is 82.6 Å². The van der Waals surface area contributed by atoms with Crippen molar-refractivity contribution < 1.29 is 8.83 Å². The van der Waals surface area contributed by atoms with E-state index in [1.54, 1.807) is 0 Å². The molecule has 0 unspecified atom stereocenters. The Hall–Kier alpha value is -4.70. The summed E-state index contributed by atoms with van der Waals surface area (Å²) in [6, 6.07) is 31.9. The smallest absolute Gasteiger partial charge is 0.165 e. The Morgan fingerprint density at radius 1 is 0.571 bits per heavy atom. The maximum absolute atomic E-state index is 6.73. The molecule has 7 aromatic rings. The standard InChI is InChI=1S/C31H18N2O2/c1-17-14-19-18-8-2-3-9-21(18)32-24-16-27-30-31(28(24)20(15-17)29(19)32)35-26-13-7-5-11-23(26)33(30)22-10-4-6-12-25(22)34-27/h2-16H,1H3. The van der Waals surface area contributed by atoms with Crippen LogP contribution in [-0.4, -0.2) is 8.97 Å². The third-order valence-electron chi connectivity index (χ3n) is 7.49. The molecule has 4 nitrogen and oxygen atoms in total. The number of aryl methyl sites for hydroxylation is 1. The van der Waals surface area contributed by atoms with E-state index < -0.39 is 0 Å². The van der Waals surface area contributed by atoms with E-state index in [0.717, 1.165) is 50.0 Å². The van der Waals surface area contributed by atoms with Crippen molar-refractivity contribution in [1.82, 2.24) is 8.97 Å². The zero-order valence-corrected chi connectivity index (χ0v) is 18.9. The highest BCUT2D eigenvalue weighted by atomic mass is 16.3. The number of nitrogens with zero attached hydrogens (tertiary/aromatic N) is 2. The van der Waals surface area contributed by atoms with E-state index in [0.29, 0.717) is 0 Å². The fourth-order valence-corrected chi connectivity index (χ4v) is 6.18. The number of benzene rings is 5. The molecule has 4 heterocycles. The number of fused-ring (bicyclic) bond motifs is 11. The van der Waals surface area contributed by atoms with Crippen molar-refractivity contribution in [3.05, 3.63) is 96.6 Å². The number of hydrogen-bond donors (Lipinski definition) is 0. The molecule has 5 aromatic carbocycles. The van der Waals surface area contributed by atoms with Crippen molar-refractivity contribution in [2.45, 2.75) is 6.92 Å². The highest BCUT2D eigenvalue weighted by Gasteiger charge is 2.26. The van der Waals surface area contributed by atoms with Gasteiger partial charge in [0.1, 0.15) is 5.69 Å². The normalized spacial score (nSPS) is 12.7. The summed E-state index contributed by atoms with van der Waals surface area (Å²) in [7, 11) is 0. The number of rotatable bonds is 0. The Balaban J connectivity index is 1.68. The van der Waals surface area contributed by atoms with Gasteiger partial charge in [-0.3, -0.25) is 4.57 Å². The van der Waals surface area contributed by atoms with Crippen LogP contribution in [0.15, 0.2) is 99.8 Å². The van der Waals surface area contributed by atoms with E-state index in [1.807, 2.05) is 24.3 Å². The van der Waals surface area contributed by atoms with Gasteiger partial charge in [0.15, 0.2) is 22.3 Å². The summed E-state index contributed by atoms with van der Waals surface area (Å²) >= 11 is 0. The van der Waals surface area contributed by atoms with Crippen LogP contribution in [0.1, 0.15) is 5.56 Å². The van der Waals surface area contributed by atoms with Crippen LogP contribution in [0.5, 0.6) is 0 Å². The third-order valence-corrected chi connectivity index (χ3v) is 7.49. The summed E-state index contributed by atoms with van der Waals surface area (Å²) in [5.41, 5.74) is 11.1. The SMILES string of the molecule is Cc1cc2c3ccccc3n3c4cc5oc6ccccc6n6c7ccccc7oc(c5-6)c4c(c1)c23. The van der Waals surface area contributed by atoms with E-state index in [9.17, 15) is 0 Å². The van der Waals surface area contributed by atoms with E-state index >= 15 is 0 Å². The summed E-state index contributed by atoms with van der Waals surface area (Å²) in [4.78, 5) is 0. The maximum Gasteiger partial charge on any atom is 0.165 e. The van der Waals surface area contributed by atoms with Gasteiger partial charge >= 0.3 is 0 Å². The predicted octanol–water partition coefficient (Wildman–Crippen LogP) is 8.58. The molecule has 0 N–H and O–H groups in total. The van der Waals surface area contributed by atoms with E-state index in [-0.39, 0.29) is 0 Å². The molecule has 0 bridgehead atoms. The molecule has 0 atom stereocenters. The van der Waals surface area contributed by atoms with Gasteiger partial charge in [-0.1, -0.05) is 42.5 Å². The zero-order chi connectivity index (χ0) is 22.8. The van der Waals surface area contributed by atoms with Gasteiger partial charge in [0.05, 0.1) is 33.0 Å². The molecule has 0 fully saturated rings. The van der Waals surface area contributed by atoms with Crippen molar-refractivity contribution >= 4 is 71.5 Å². The molecule has 0 aliphatic carbocycles. The summed E-state index contributed by atoms with van der Waals surface area (Å²) in [5, 5.41) is 4.88. The van der Waals surface area contributed by atoms with E-state index in [4.69, 9.17) is 8.83 Å². The summed E-state index contributed by atoms with van der Waals surface area (Å²) in [6.07, 6.45) is 0. The first-order valence-corrected chi connectivity index (χ1v) is 11.9. The van der Waals surface area contributed by atoms with Gasteiger partial charge in [-0.2, -0.15) is 0 Å². The number of aromatic nitrogens is 2. The monoisotopic (exact) mass is 450 g/mol. The van der Waals surface area contributed by atoms with Gasteiger partial charge in [-0.05, 0) is 55.0 Å². The Morgan fingerprint density at radius 3 is 2.03 bits per heavy atom. The molecule has 0 amide bonds. The molecular formula is C31H18N2O2. The molecule has 0 radical (unpaired) electrons. The van der Waals surface area contributed by atoms with Crippen LogP contribution < -0.4 is 0 Å².